The maximum Gasteiger partial charge on any atom is 0.340 e. The summed E-state index contributed by atoms with van der Waals surface area (Å²) in [5, 5.41) is 3.47. The average molecular weight is 276 g/mol. The molecule has 20 heavy (non-hydrogen) atoms. The summed E-state index contributed by atoms with van der Waals surface area (Å²) in [4.78, 5) is 12.0. The smallest absolute Gasteiger partial charge is 0.340 e. The first-order valence-corrected chi connectivity index (χ1v) is 7.36. The van der Waals surface area contributed by atoms with Gasteiger partial charge in [0.1, 0.15) is 0 Å². The summed E-state index contributed by atoms with van der Waals surface area (Å²) in [6.45, 7) is 6.69. The lowest BCUT2D eigenvalue weighted by atomic mass is 9.97. The number of rotatable bonds is 4. The van der Waals surface area contributed by atoms with E-state index in [1.807, 2.05) is 6.07 Å². The molecule has 4 heteroatoms. The maximum absolute atomic E-state index is 12.0. The van der Waals surface area contributed by atoms with Gasteiger partial charge in [-0.15, -0.1) is 0 Å². The lowest BCUT2D eigenvalue weighted by Gasteiger charge is -2.23. The van der Waals surface area contributed by atoms with Gasteiger partial charge in [-0.25, -0.2) is 4.79 Å². The summed E-state index contributed by atoms with van der Waals surface area (Å²) in [6, 6.07) is 5.73. The highest BCUT2D eigenvalue weighted by atomic mass is 16.5. The summed E-state index contributed by atoms with van der Waals surface area (Å²) < 4.78 is 5.10. The van der Waals surface area contributed by atoms with Crippen molar-refractivity contribution in [2.75, 3.05) is 17.7 Å². The van der Waals surface area contributed by atoms with E-state index in [-0.39, 0.29) is 5.97 Å². The van der Waals surface area contributed by atoms with Crippen molar-refractivity contribution < 1.29 is 9.53 Å². The van der Waals surface area contributed by atoms with Gasteiger partial charge < -0.3 is 15.8 Å². The number of nitrogens with two attached hydrogens (primary N) is 1. The third-order valence-corrected chi connectivity index (χ3v) is 4.39. The van der Waals surface area contributed by atoms with Crippen LogP contribution in [0.25, 0.3) is 0 Å². The molecule has 3 N–H and O–H groups in total. The number of nitrogens with one attached hydrogen (secondary N) is 1. The van der Waals surface area contributed by atoms with Gasteiger partial charge in [0.15, 0.2) is 0 Å². The van der Waals surface area contributed by atoms with Gasteiger partial charge >= 0.3 is 5.97 Å². The SMILES string of the molecule is CCOC(=O)c1cccc(N)c1NC1CCC(C)C1C. The van der Waals surface area contributed by atoms with E-state index in [9.17, 15) is 4.79 Å². The van der Waals surface area contributed by atoms with E-state index < -0.39 is 0 Å². The van der Waals surface area contributed by atoms with Crippen LogP contribution < -0.4 is 11.1 Å². The van der Waals surface area contributed by atoms with Crippen molar-refractivity contribution in [3.63, 3.8) is 0 Å². The number of para-hydroxylation sites is 1. The highest BCUT2D eigenvalue weighted by Crippen LogP contribution is 2.35. The normalized spacial score (nSPS) is 25.4. The van der Waals surface area contributed by atoms with Crippen LogP contribution in [0.2, 0.25) is 0 Å². The van der Waals surface area contributed by atoms with E-state index in [2.05, 4.69) is 19.2 Å². The Morgan fingerprint density at radius 2 is 2.15 bits per heavy atom. The van der Waals surface area contributed by atoms with Crippen molar-refractivity contribution in [3.05, 3.63) is 23.8 Å². The van der Waals surface area contributed by atoms with Crippen LogP contribution in [-0.4, -0.2) is 18.6 Å². The second-order valence-electron chi connectivity index (χ2n) is 5.65. The Morgan fingerprint density at radius 1 is 1.40 bits per heavy atom. The van der Waals surface area contributed by atoms with Gasteiger partial charge in [-0.2, -0.15) is 0 Å². The predicted octanol–water partition coefficient (Wildman–Crippen LogP) is 3.29. The number of anilines is 2. The summed E-state index contributed by atoms with van der Waals surface area (Å²) >= 11 is 0. The van der Waals surface area contributed by atoms with Gasteiger partial charge in [-0.3, -0.25) is 0 Å². The Kier molecular flexibility index (Phi) is 4.53. The zero-order chi connectivity index (χ0) is 14.7. The fourth-order valence-electron chi connectivity index (χ4n) is 2.86. The summed E-state index contributed by atoms with van der Waals surface area (Å²) in [7, 11) is 0. The quantitative estimate of drug-likeness (QED) is 0.654. The third-order valence-electron chi connectivity index (χ3n) is 4.39. The van der Waals surface area contributed by atoms with Crippen LogP contribution in [0.5, 0.6) is 0 Å². The molecule has 1 aromatic rings. The van der Waals surface area contributed by atoms with Crippen LogP contribution in [0, 0.1) is 11.8 Å². The van der Waals surface area contributed by atoms with Gasteiger partial charge in [-0.05, 0) is 43.7 Å². The number of esters is 1. The molecule has 1 aliphatic carbocycles. The molecule has 0 spiro atoms. The van der Waals surface area contributed by atoms with E-state index in [0.717, 1.165) is 12.1 Å². The highest BCUT2D eigenvalue weighted by Gasteiger charge is 2.30. The minimum atomic E-state index is -0.319. The summed E-state index contributed by atoms with van der Waals surface area (Å²) in [6.07, 6.45) is 2.32. The zero-order valence-electron chi connectivity index (χ0n) is 12.5. The van der Waals surface area contributed by atoms with E-state index in [0.29, 0.717) is 35.7 Å². The van der Waals surface area contributed by atoms with Crippen molar-refractivity contribution in [1.29, 1.82) is 0 Å². The maximum atomic E-state index is 12.0. The molecule has 1 aliphatic rings. The molecule has 1 saturated carbocycles. The minimum absolute atomic E-state index is 0.319. The molecule has 3 unspecified atom stereocenters. The number of nitrogen functional groups attached to an aromatic ring is 1. The summed E-state index contributed by atoms with van der Waals surface area (Å²) in [5.74, 6) is 0.953. The number of hydrogen-bond donors (Lipinski definition) is 2. The number of ether oxygens (including phenoxy) is 1. The standard InChI is InChI=1S/C16H24N2O2/c1-4-20-16(19)12-6-5-7-13(17)15(12)18-14-9-8-10(2)11(14)3/h5-7,10-11,14,18H,4,8-9,17H2,1-3H3. The molecular formula is C16H24N2O2. The lowest BCUT2D eigenvalue weighted by Crippen LogP contribution is -2.26. The van der Waals surface area contributed by atoms with Gasteiger partial charge in [0.25, 0.3) is 0 Å². The molecule has 4 nitrogen and oxygen atoms in total. The molecule has 0 aromatic heterocycles. The van der Waals surface area contributed by atoms with E-state index in [1.54, 1.807) is 19.1 Å². The largest absolute Gasteiger partial charge is 0.462 e. The molecule has 3 atom stereocenters. The van der Waals surface area contributed by atoms with Crippen molar-refractivity contribution in [1.82, 2.24) is 0 Å². The number of benzene rings is 1. The van der Waals surface area contributed by atoms with Crippen molar-refractivity contribution in [2.24, 2.45) is 11.8 Å². The molecule has 1 aromatic carbocycles. The van der Waals surface area contributed by atoms with Crippen LogP contribution in [0.3, 0.4) is 0 Å². The molecule has 0 amide bonds. The number of carbonyl (C=O) groups is 1. The first kappa shape index (κ1) is 14.7. The second kappa shape index (κ2) is 6.16. The lowest BCUT2D eigenvalue weighted by molar-refractivity contribution is 0.0527. The third kappa shape index (κ3) is 2.89. The molecule has 0 radical (unpaired) electrons. The Bertz CT molecular complexity index is 487. The van der Waals surface area contributed by atoms with Crippen LogP contribution in [0.1, 0.15) is 44.0 Å². The summed E-state index contributed by atoms with van der Waals surface area (Å²) in [5.41, 5.74) is 7.89. The van der Waals surface area contributed by atoms with E-state index in [4.69, 9.17) is 10.5 Å². The van der Waals surface area contributed by atoms with Crippen molar-refractivity contribution in [2.45, 2.75) is 39.7 Å². The van der Waals surface area contributed by atoms with Gasteiger partial charge in [0, 0.05) is 6.04 Å². The van der Waals surface area contributed by atoms with Crippen LogP contribution in [0.4, 0.5) is 11.4 Å². The predicted molar refractivity (Wildman–Crippen MR) is 81.8 cm³/mol. The molecule has 0 saturated heterocycles. The molecular weight excluding hydrogens is 252 g/mol. The van der Waals surface area contributed by atoms with E-state index >= 15 is 0 Å². The van der Waals surface area contributed by atoms with Crippen LogP contribution >= 0.6 is 0 Å². The topological polar surface area (TPSA) is 64.3 Å². The van der Waals surface area contributed by atoms with E-state index in [1.165, 1.54) is 6.42 Å². The Labute approximate surface area is 120 Å². The van der Waals surface area contributed by atoms with Gasteiger partial charge in [0.2, 0.25) is 0 Å². The van der Waals surface area contributed by atoms with Crippen LogP contribution in [0.15, 0.2) is 18.2 Å². The van der Waals surface area contributed by atoms with Crippen molar-refractivity contribution >= 4 is 17.3 Å². The first-order valence-electron chi connectivity index (χ1n) is 7.36. The Balaban J connectivity index is 2.24. The van der Waals surface area contributed by atoms with Crippen molar-refractivity contribution in [3.8, 4) is 0 Å². The Hall–Kier alpha value is -1.71. The number of hydrogen-bond acceptors (Lipinski definition) is 4. The first-order chi connectivity index (χ1) is 9.54. The zero-order valence-corrected chi connectivity index (χ0v) is 12.5. The fourth-order valence-corrected chi connectivity index (χ4v) is 2.86. The van der Waals surface area contributed by atoms with Gasteiger partial charge in [0.05, 0.1) is 23.5 Å². The highest BCUT2D eigenvalue weighted by molar-refractivity contribution is 5.98. The second-order valence-corrected chi connectivity index (χ2v) is 5.65. The fraction of sp³-hybridized carbons (Fsp3) is 0.562. The molecule has 0 bridgehead atoms. The van der Waals surface area contributed by atoms with Crippen LogP contribution in [-0.2, 0) is 4.74 Å². The molecule has 2 rings (SSSR count). The molecule has 0 heterocycles. The monoisotopic (exact) mass is 276 g/mol. The average Bonchev–Trinajstić information content (AvgIpc) is 2.73. The van der Waals surface area contributed by atoms with Gasteiger partial charge in [-0.1, -0.05) is 19.9 Å². The molecule has 0 aliphatic heterocycles. The number of carbonyl (C=O) groups excluding carboxylic acids is 1. The Morgan fingerprint density at radius 3 is 2.75 bits per heavy atom. The molecule has 110 valence electrons. The minimum Gasteiger partial charge on any atom is -0.462 e. The molecule has 1 fully saturated rings.